The number of hydrogen-bond donors (Lipinski definition) is 0. The van der Waals surface area contributed by atoms with Crippen molar-refractivity contribution in [1.82, 2.24) is 4.31 Å². The van der Waals surface area contributed by atoms with Crippen LogP contribution >= 0.6 is 0 Å². The molecular weight excluding hydrogens is 334 g/mol. The summed E-state index contributed by atoms with van der Waals surface area (Å²) in [7, 11) is -3.33. The van der Waals surface area contributed by atoms with Gasteiger partial charge in [-0.05, 0) is 39.8 Å². The molecule has 0 bridgehead atoms. The minimum Gasteiger partial charge on any atom is -0.464 e. The molecule has 0 aliphatic heterocycles. The molecule has 0 atom stereocenters. The van der Waals surface area contributed by atoms with Gasteiger partial charge < -0.3 is 9.47 Å². The van der Waals surface area contributed by atoms with Crippen LogP contribution < -0.4 is 0 Å². The fourth-order valence-corrected chi connectivity index (χ4v) is 2.96. The first-order valence-corrected chi connectivity index (χ1v) is 8.46. The maximum Gasteiger partial charge on any atom is 0.429 e. The van der Waals surface area contributed by atoms with Gasteiger partial charge in [0.05, 0.1) is 12.0 Å². The van der Waals surface area contributed by atoms with Crippen LogP contribution in [0.25, 0.3) is 0 Å². The zero-order valence-electron chi connectivity index (χ0n) is 14.3. The summed E-state index contributed by atoms with van der Waals surface area (Å²) in [5.41, 5.74) is -0.786. The van der Waals surface area contributed by atoms with E-state index in [0.717, 1.165) is 12.7 Å². The Balaban J connectivity index is 3.40. The Hall–Kier alpha value is -2.35. The van der Waals surface area contributed by atoms with Crippen molar-refractivity contribution in [3.63, 3.8) is 0 Å². The first-order valence-electron chi connectivity index (χ1n) is 7.02. The predicted molar refractivity (Wildman–Crippen MR) is 87.6 cm³/mol. The minimum atomic E-state index is -4.39. The van der Waals surface area contributed by atoms with E-state index >= 15 is 0 Å². The highest BCUT2D eigenvalue weighted by atomic mass is 32.2. The van der Waals surface area contributed by atoms with Crippen LogP contribution in [0.4, 0.5) is 4.79 Å². The summed E-state index contributed by atoms with van der Waals surface area (Å²) in [6, 6.07) is 5.79. The lowest BCUT2D eigenvalue weighted by Crippen LogP contribution is -2.42. The van der Waals surface area contributed by atoms with Gasteiger partial charge in [-0.1, -0.05) is 24.3 Å². The van der Waals surface area contributed by atoms with Crippen LogP contribution in [0.1, 0.15) is 26.3 Å². The molecule has 1 rings (SSSR count). The second-order valence-corrected chi connectivity index (χ2v) is 7.79. The third-order valence-corrected chi connectivity index (χ3v) is 4.50. The molecule has 1 aromatic rings. The van der Waals surface area contributed by atoms with Crippen LogP contribution in [-0.2, 0) is 24.3 Å². The molecule has 0 spiro atoms. The van der Waals surface area contributed by atoms with E-state index < -0.39 is 33.4 Å². The van der Waals surface area contributed by atoms with Crippen molar-refractivity contribution in [2.75, 3.05) is 7.11 Å². The molecule has 0 saturated heterocycles. The topological polar surface area (TPSA) is 90.0 Å². The van der Waals surface area contributed by atoms with Gasteiger partial charge >= 0.3 is 12.1 Å². The first kappa shape index (κ1) is 19.7. The zero-order chi connectivity index (χ0) is 18.7. The Morgan fingerprint density at radius 1 is 1.12 bits per heavy atom. The molecule has 0 aliphatic carbocycles. The van der Waals surface area contributed by atoms with Crippen LogP contribution in [0.3, 0.4) is 0 Å². The lowest BCUT2D eigenvalue weighted by atomic mass is 10.2. The van der Waals surface area contributed by atoms with Crippen molar-refractivity contribution >= 4 is 22.1 Å². The second-order valence-electron chi connectivity index (χ2n) is 6.00. The van der Waals surface area contributed by atoms with E-state index in [-0.39, 0.29) is 9.20 Å². The van der Waals surface area contributed by atoms with Crippen molar-refractivity contribution in [3.05, 3.63) is 42.1 Å². The normalized spacial score (nSPS) is 11.5. The average Bonchev–Trinajstić information content (AvgIpc) is 2.44. The van der Waals surface area contributed by atoms with Gasteiger partial charge in [0.15, 0.2) is 0 Å². The molecule has 1 amide bonds. The van der Waals surface area contributed by atoms with E-state index in [9.17, 15) is 18.0 Å². The fraction of sp³-hybridized carbons (Fsp3) is 0.375. The number of hydrogen-bond acceptors (Lipinski definition) is 6. The molecule has 0 fully saturated rings. The Morgan fingerprint density at radius 2 is 1.62 bits per heavy atom. The van der Waals surface area contributed by atoms with Crippen molar-refractivity contribution < 1.29 is 27.5 Å². The number of carbonyl (C=O) groups is 2. The lowest BCUT2D eigenvalue weighted by Gasteiger charge is -2.27. The predicted octanol–water partition coefficient (Wildman–Crippen LogP) is 2.61. The highest BCUT2D eigenvalue weighted by Crippen LogP contribution is 2.23. The van der Waals surface area contributed by atoms with Crippen LogP contribution in [0.15, 0.2) is 41.4 Å². The van der Waals surface area contributed by atoms with Gasteiger partial charge in [0.2, 0.25) is 0 Å². The van der Waals surface area contributed by atoms with Crippen molar-refractivity contribution in [3.8, 4) is 0 Å². The molecule has 0 saturated carbocycles. The standard InChI is InChI=1S/C16H21NO6S/c1-11-7-9-13(10-8-11)24(20,21)17(12(2)14(18)22-6)15(19)23-16(3,4)5/h7-10H,2H2,1,3-6H3. The van der Waals surface area contributed by atoms with E-state index in [2.05, 4.69) is 11.3 Å². The first-order chi connectivity index (χ1) is 10.9. The Morgan fingerprint density at radius 3 is 2.04 bits per heavy atom. The van der Waals surface area contributed by atoms with E-state index in [1.807, 2.05) is 0 Å². The number of amides is 1. The number of esters is 1. The van der Waals surface area contributed by atoms with Crippen LogP contribution in [-0.4, -0.2) is 37.5 Å². The average molecular weight is 355 g/mol. The molecule has 1 aromatic carbocycles. The molecule has 0 N–H and O–H groups in total. The number of nitrogens with zero attached hydrogens (tertiary/aromatic N) is 1. The van der Waals surface area contributed by atoms with Crippen molar-refractivity contribution in [1.29, 1.82) is 0 Å². The third kappa shape index (κ3) is 4.58. The van der Waals surface area contributed by atoms with Crippen LogP contribution in [0.5, 0.6) is 0 Å². The van der Waals surface area contributed by atoms with Crippen LogP contribution in [0.2, 0.25) is 0 Å². The Labute approximate surface area is 141 Å². The number of sulfonamides is 1. The fourth-order valence-electron chi connectivity index (χ4n) is 1.67. The Bertz CT molecular complexity index is 744. The summed E-state index contributed by atoms with van der Waals surface area (Å²) in [4.78, 5) is 23.9. The number of rotatable bonds is 4. The maximum absolute atomic E-state index is 12.8. The lowest BCUT2D eigenvalue weighted by molar-refractivity contribution is -0.137. The SMILES string of the molecule is C=C(C(=O)OC)N(C(=O)OC(C)(C)C)S(=O)(=O)c1ccc(C)cc1. The van der Waals surface area contributed by atoms with E-state index in [1.54, 1.807) is 39.8 Å². The molecule has 0 aromatic heterocycles. The monoisotopic (exact) mass is 355 g/mol. The number of carbonyl (C=O) groups excluding carboxylic acids is 2. The van der Waals surface area contributed by atoms with Crippen molar-refractivity contribution in [2.24, 2.45) is 0 Å². The quantitative estimate of drug-likeness (QED) is 0.609. The largest absolute Gasteiger partial charge is 0.464 e. The highest BCUT2D eigenvalue weighted by Gasteiger charge is 2.38. The molecule has 0 radical (unpaired) electrons. The number of benzene rings is 1. The summed E-state index contributed by atoms with van der Waals surface area (Å²) in [6.45, 7) is 9.86. The number of methoxy groups -OCH3 is 1. The smallest absolute Gasteiger partial charge is 0.429 e. The highest BCUT2D eigenvalue weighted by molar-refractivity contribution is 7.89. The molecule has 8 heteroatoms. The summed E-state index contributed by atoms with van der Waals surface area (Å²) < 4.78 is 35.4. The van der Waals surface area contributed by atoms with Gasteiger partial charge in [-0.2, -0.15) is 4.31 Å². The van der Waals surface area contributed by atoms with Gasteiger partial charge in [0.1, 0.15) is 11.3 Å². The zero-order valence-corrected chi connectivity index (χ0v) is 15.1. The van der Waals surface area contributed by atoms with Gasteiger partial charge in [0, 0.05) is 0 Å². The molecule has 132 valence electrons. The third-order valence-electron chi connectivity index (χ3n) is 2.78. The molecular formula is C16H21NO6S. The number of ether oxygens (including phenoxy) is 2. The summed E-state index contributed by atoms with van der Waals surface area (Å²) in [5, 5.41) is 0. The minimum absolute atomic E-state index is 0.177. The Kier molecular flexibility index (Phi) is 5.78. The molecule has 0 unspecified atom stereocenters. The van der Waals surface area contributed by atoms with Gasteiger partial charge in [-0.3, -0.25) is 0 Å². The van der Waals surface area contributed by atoms with Crippen molar-refractivity contribution in [2.45, 2.75) is 38.2 Å². The van der Waals surface area contributed by atoms with Gasteiger partial charge in [0.25, 0.3) is 10.0 Å². The second kappa shape index (κ2) is 7.04. The number of aryl methyl sites for hydroxylation is 1. The molecule has 7 nitrogen and oxygen atoms in total. The molecule has 0 heterocycles. The van der Waals surface area contributed by atoms with Gasteiger partial charge in [-0.25, -0.2) is 18.0 Å². The van der Waals surface area contributed by atoms with E-state index in [0.29, 0.717) is 0 Å². The summed E-state index contributed by atoms with van der Waals surface area (Å²) in [5.74, 6) is -1.06. The van der Waals surface area contributed by atoms with Gasteiger partial charge in [-0.15, -0.1) is 0 Å². The summed E-state index contributed by atoms with van der Waals surface area (Å²) in [6.07, 6.45) is -1.24. The molecule has 0 aliphatic rings. The molecule has 24 heavy (non-hydrogen) atoms. The maximum atomic E-state index is 12.8. The van der Waals surface area contributed by atoms with E-state index in [4.69, 9.17) is 4.74 Å². The van der Waals surface area contributed by atoms with Crippen LogP contribution in [0, 0.1) is 6.92 Å². The summed E-state index contributed by atoms with van der Waals surface area (Å²) >= 11 is 0. The van der Waals surface area contributed by atoms with E-state index in [1.165, 1.54) is 12.1 Å².